The van der Waals surface area contributed by atoms with E-state index in [1.54, 1.807) is 6.92 Å². The second-order valence-corrected chi connectivity index (χ2v) is 3.47. The maximum Gasteiger partial charge on any atom is 0.126 e. The molecule has 0 spiro atoms. The SMILES string of the molecule is CCCNc1ccc([C@H](C)O)c(C)n1. The number of aliphatic hydroxyl groups excluding tert-OH is 1. The lowest BCUT2D eigenvalue weighted by atomic mass is 10.1. The summed E-state index contributed by atoms with van der Waals surface area (Å²) < 4.78 is 0. The molecule has 1 atom stereocenters. The zero-order chi connectivity index (χ0) is 10.6. The fraction of sp³-hybridized carbons (Fsp3) is 0.545. The van der Waals surface area contributed by atoms with Gasteiger partial charge in [-0.3, -0.25) is 0 Å². The average Bonchev–Trinajstić information content (AvgIpc) is 2.14. The van der Waals surface area contributed by atoms with Crippen molar-refractivity contribution in [2.45, 2.75) is 33.3 Å². The molecular formula is C11H18N2O. The van der Waals surface area contributed by atoms with Crippen LogP contribution in [0.3, 0.4) is 0 Å². The summed E-state index contributed by atoms with van der Waals surface area (Å²) in [5.41, 5.74) is 1.79. The predicted molar refractivity (Wildman–Crippen MR) is 58.4 cm³/mol. The van der Waals surface area contributed by atoms with Gasteiger partial charge < -0.3 is 10.4 Å². The zero-order valence-electron chi connectivity index (χ0n) is 9.04. The fourth-order valence-electron chi connectivity index (χ4n) is 1.36. The van der Waals surface area contributed by atoms with Crippen molar-refractivity contribution in [3.63, 3.8) is 0 Å². The Labute approximate surface area is 85.2 Å². The largest absolute Gasteiger partial charge is 0.389 e. The molecule has 78 valence electrons. The Morgan fingerprint density at radius 1 is 1.50 bits per heavy atom. The second-order valence-electron chi connectivity index (χ2n) is 3.47. The molecule has 0 aliphatic heterocycles. The smallest absolute Gasteiger partial charge is 0.126 e. The summed E-state index contributed by atoms with van der Waals surface area (Å²) in [6.45, 7) is 6.72. The van der Waals surface area contributed by atoms with Crippen LogP contribution in [0.2, 0.25) is 0 Å². The molecule has 0 saturated heterocycles. The number of aromatic nitrogens is 1. The minimum absolute atomic E-state index is 0.442. The van der Waals surface area contributed by atoms with Crippen molar-refractivity contribution >= 4 is 5.82 Å². The van der Waals surface area contributed by atoms with Crippen molar-refractivity contribution in [2.75, 3.05) is 11.9 Å². The molecule has 1 aromatic rings. The first-order valence-electron chi connectivity index (χ1n) is 5.04. The maximum atomic E-state index is 9.41. The number of aliphatic hydroxyl groups is 1. The molecule has 0 aromatic carbocycles. The maximum absolute atomic E-state index is 9.41. The molecular weight excluding hydrogens is 176 g/mol. The summed E-state index contributed by atoms with van der Waals surface area (Å²) in [6.07, 6.45) is 0.640. The van der Waals surface area contributed by atoms with E-state index in [1.165, 1.54) is 0 Å². The molecule has 14 heavy (non-hydrogen) atoms. The summed E-state index contributed by atoms with van der Waals surface area (Å²) in [5, 5.41) is 12.6. The third-order valence-electron chi connectivity index (χ3n) is 2.13. The highest BCUT2D eigenvalue weighted by atomic mass is 16.3. The van der Waals surface area contributed by atoms with Crippen LogP contribution in [0.15, 0.2) is 12.1 Å². The Bertz CT molecular complexity index is 297. The second kappa shape index (κ2) is 4.96. The van der Waals surface area contributed by atoms with Gasteiger partial charge in [-0.1, -0.05) is 13.0 Å². The normalized spacial score (nSPS) is 12.6. The molecule has 0 radical (unpaired) electrons. The van der Waals surface area contributed by atoms with E-state index in [4.69, 9.17) is 0 Å². The molecule has 0 unspecified atom stereocenters. The molecule has 0 aliphatic rings. The van der Waals surface area contributed by atoms with Crippen molar-refractivity contribution < 1.29 is 5.11 Å². The zero-order valence-corrected chi connectivity index (χ0v) is 9.04. The van der Waals surface area contributed by atoms with Crippen LogP contribution >= 0.6 is 0 Å². The van der Waals surface area contributed by atoms with Gasteiger partial charge in [-0.25, -0.2) is 4.98 Å². The summed E-state index contributed by atoms with van der Waals surface area (Å²) in [4.78, 5) is 4.36. The molecule has 0 amide bonds. The van der Waals surface area contributed by atoms with Crippen LogP contribution in [-0.2, 0) is 0 Å². The van der Waals surface area contributed by atoms with Crippen LogP contribution < -0.4 is 5.32 Å². The number of pyridine rings is 1. The van der Waals surface area contributed by atoms with Gasteiger partial charge in [0, 0.05) is 17.8 Å². The number of hydrogen-bond acceptors (Lipinski definition) is 3. The minimum atomic E-state index is -0.442. The number of rotatable bonds is 4. The molecule has 0 bridgehead atoms. The highest BCUT2D eigenvalue weighted by Crippen LogP contribution is 2.17. The first-order chi connectivity index (χ1) is 6.65. The van der Waals surface area contributed by atoms with E-state index >= 15 is 0 Å². The van der Waals surface area contributed by atoms with Gasteiger partial charge in [0.25, 0.3) is 0 Å². The Morgan fingerprint density at radius 2 is 2.21 bits per heavy atom. The third kappa shape index (κ3) is 2.70. The lowest BCUT2D eigenvalue weighted by Gasteiger charge is -2.10. The van der Waals surface area contributed by atoms with Gasteiger partial charge in [0.2, 0.25) is 0 Å². The van der Waals surface area contributed by atoms with E-state index < -0.39 is 6.10 Å². The van der Waals surface area contributed by atoms with Crippen LogP contribution in [0.1, 0.15) is 37.6 Å². The molecule has 3 heteroatoms. The van der Waals surface area contributed by atoms with Gasteiger partial charge in [0.05, 0.1) is 6.10 Å². The number of aryl methyl sites for hydroxylation is 1. The van der Waals surface area contributed by atoms with E-state index in [0.29, 0.717) is 0 Å². The molecule has 0 fully saturated rings. The van der Waals surface area contributed by atoms with E-state index in [1.807, 2.05) is 19.1 Å². The molecule has 1 aromatic heterocycles. The number of nitrogens with zero attached hydrogens (tertiary/aromatic N) is 1. The number of hydrogen-bond donors (Lipinski definition) is 2. The van der Waals surface area contributed by atoms with Gasteiger partial charge >= 0.3 is 0 Å². The lowest BCUT2D eigenvalue weighted by Crippen LogP contribution is -2.04. The van der Waals surface area contributed by atoms with Crippen LogP contribution in [0.5, 0.6) is 0 Å². The topological polar surface area (TPSA) is 45.1 Å². The Balaban J connectivity index is 2.78. The molecule has 1 heterocycles. The first kappa shape index (κ1) is 11.0. The minimum Gasteiger partial charge on any atom is -0.389 e. The van der Waals surface area contributed by atoms with E-state index in [0.717, 1.165) is 30.0 Å². The quantitative estimate of drug-likeness (QED) is 0.772. The van der Waals surface area contributed by atoms with Gasteiger partial charge in [0.15, 0.2) is 0 Å². The molecule has 2 N–H and O–H groups in total. The number of anilines is 1. The lowest BCUT2D eigenvalue weighted by molar-refractivity contribution is 0.198. The van der Waals surface area contributed by atoms with Crippen molar-refractivity contribution in [2.24, 2.45) is 0 Å². The molecule has 0 saturated carbocycles. The van der Waals surface area contributed by atoms with Crippen molar-refractivity contribution in [3.8, 4) is 0 Å². The summed E-state index contributed by atoms with van der Waals surface area (Å²) in [7, 11) is 0. The van der Waals surface area contributed by atoms with Crippen molar-refractivity contribution in [1.82, 2.24) is 4.98 Å². The van der Waals surface area contributed by atoms with Crippen molar-refractivity contribution in [3.05, 3.63) is 23.4 Å². The van der Waals surface area contributed by atoms with Crippen molar-refractivity contribution in [1.29, 1.82) is 0 Å². The highest BCUT2D eigenvalue weighted by molar-refractivity contribution is 5.38. The van der Waals surface area contributed by atoms with Gasteiger partial charge in [-0.15, -0.1) is 0 Å². The van der Waals surface area contributed by atoms with E-state index in [-0.39, 0.29) is 0 Å². The first-order valence-corrected chi connectivity index (χ1v) is 5.04. The highest BCUT2D eigenvalue weighted by Gasteiger charge is 2.05. The molecule has 0 aliphatic carbocycles. The predicted octanol–water partition coefficient (Wildman–Crippen LogP) is 2.27. The van der Waals surface area contributed by atoms with Crippen LogP contribution in [0, 0.1) is 6.92 Å². The Hall–Kier alpha value is -1.09. The van der Waals surface area contributed by atoms with Crippen LogP contribution in [0.4, 0.5) is 5.82 Å². The standard InChI is InChI=1S/C11H18N2O/c1-4-7-12-11-6-5-10(9(3)14)8(2)13-11/h5-6,9,14H,4,7H2,1-3H3,(H,12,13)/t9-/m0/s1. The molecule has 3 nitrogen and oxygen atoms in total. The summed E-state index contributed by atoms with van der Waals surface area (Å²) >= 11 is 0. The van der Waals surface area contributed by atoms with Gasteiger partial charge in [-0.05, 0) is 26.3 Å². The third-order valence-corrected chi connectivity index (χ3v) is 2.13. The fourth-order valence-corrected chi connectivity index (χ4v) is 1.36. The number of nitrogens with one attached hydrogen (secondary N) is 1. The molecule has 1 rings (SSSR count). The van der Waals surface area contributed by atoms with Gasteiger partial charge in [0.1, 0.15) is 5.82 Å². The Morgan fingerprint density at radius 3 is 2.71 bits per heavy atom. The van der Waals surface area contributed by atoms with Crippen LogP contribution in [0.25, 0.3) is 0 Å². The van der Waals surface area contributed by atoms with E-state index in [2.05, 4.69) is 17.2 Å². The Kier molecular flexibility index (Phi) is 3.89. The average molecular weight is 194 g/mol. The van der Waals surface area contributed by atoms with E-state index in [9.17, 15) is 5.11 Å². The monoisotopic (exact) mass is 194 g/mol. The summed E-state index contributed by atoms with van der Waals surface area (Å²) in [5.74, 6) is 0.883. The van der Waals surface area contributed by atoms with Gasteiger partial charge in [-0.2, -0.15) is 0 Å². The summed E-state index contributed by atoms with van der Waals surface area (Å²) in [6, 6.07) is 3.83. The van der Waals surface area contributed by atoms with Crippen LogP contribution in [-0.4, -0.2) is 16.6 Å².